The first kappa shape index (κ1) is 20.5. The van der Waals surface area contributed by atoms with E-state index >= 15 is 0 Å². The Kier molecular flexibility index (Phi) is 7.33. The van der Waals surface area contributed by atoms with E-state index in [9.17, 15) is 14.0 Å². The summed E-state index contributed by atoms with van der Waals surface area (Å²) in [7, 11) is 0. The van der Waals surface area contributed by atoms with Gasteiger partial charge in [0.2, 0.25) is 11.8 Å². The Morgan fingerprint density at radius 1 is 1.07 bits per heavy atom. The van der Waals surface area contributed by atoms with Gasteiger partial charge in [-0.15, -0.1) is 0 Å². The molecule has 6 nitrogen and oxygen atoms in total. The van der Waals surface area contributed by atoms with Crippen LogP contribution in [0.2, 0.25) is 0 Å². The number of halogens is 1. The molecule has 0 fully saturated rings. The van der Waals surface area contributed by atoms with Crippen LogP contribution in [-0.4, -0.2) is 42.2 Å². The second-order valence-corrected chi connectivity index (χ2v) is 6.69. The molecule has 2 aromatic rings. The lowest BCUT2D eigenvalue weighted by Crippen LogP contribution is -2.28. The van der Waals surface area contributed by atoms with E-state index in [1.54, 1.807) is 12.1 Å². The Hall–Kier alpha value is -3.22. The lowest BCUT2D eigenvalue weighted by Gasteiger charge is -2.11. The van der Waals surface area contributed by atoms with E-state index in [0.29, 0.717) is 31.9 Å². The summed E-state index contributed by atoms with van der Waals surface area (Å²) in [5.74, 6) is -0.0447. The molecule has 0 radical (unpaired) electrons. The van der Waals surface area contributed by atoms with Gasteiger partial charge in [-0.3, -0.25) is 9.59 Å². The highest BCUT2D eigenvalue weighted by Crippen LogP contribution is 2.15. The second-order valence-electron chi connectivity index (χ2n) is 6.69. The van der Waals surface area contributed by atoms with Gasteiger partial charge < -0.3 is 10.1 Å². The number of ether oxygens (including phenoxy) is 1. The number of carbonyl (C=O) groups is 2. The Morgan fingerprint density at radius 2 is 1.83 bits per heavy atom. The molecule has 1 aliphatic rings. The number of hydrazone groups is 1. The zero-order valence-electron chi connectivity index (χ0n) is 16.1. The lowest BCUT2D eigenvalue weighted by atomic mass is 10.1. The van der Waals surface area contributed by atoms with Gasteiger partial charge in [0.15, 0.2) is 0 Å². The monoisotopic (exact) mass is 397 g/mol. The third-order valence-electron chi connectivity index (χ3n) is 4.49. The summed E-state index contributed by atoms with van der Waals surface area (Å²) in [6.45, 7) is 1.41. The summed E-state index contributed by atoms with van der Waals surface area (Å²) in [5.41, 5.74) is 1.91. The summed E-state index contributed by atoms with van der Waals surface area (Å²) in [5, 5.41) is 8.61. The van der Waals surface area contributed by atoms with E-state index in [-0.39, 0.29) is 30.5 Å². The second kappa shape index (κ2) is 10.4. The van der Waals surface area contributed by atoms with Crippen LogP contribution in [0.25, 0.3) is 0 Å². The Balaban J connectivity index is 1.30. The first-order chi connectivity index (χ1) is 14.1. The van der Waals surface area contributed by atoms with Crippen molar-refractivity contribution in [2.45, 2.75) is 25.7 Å². The van der Waals surface area contributed by atoms with E-state index in [1.165, 1.54) is 17.1 Å². The van der Waals surface area contributed by atoms with Crippen molar-refractivity contribution in [1.82, 2.24) is 10.3 Å². The number of amides is 2. The van der Waals surface area contributed by atoms with Crippen LogP contribution in [0.1, 0.15) is 31.2 Å². The summed E-state index contributed by atoms with van der Waals surface area (Å²) in [4.78, 5) is 24.2. The van der Waals surface area contributed by atoms with E-state index in [4.69, 9.17) is 4.74 Å². The summed E-state index contributed by atoms with van der Waals surface area (Å²) in [6, 6.07) is 15.6. The normalized spacial score (nSPS) is 13.1. The maximum atomic E-state index is 12.8. The van der Waals surface area contributed by atoms with Crippen LogP contribution in [0.3, 0.4) is 0 Å². The van der Waals surface area contributed by atoms with Crippen molar-refractivity contribution in [2.24, 2.45) is 5.10 Å². The highest BCUT2D eigenvalue weighted by Gasteiger charge is 2.21. The molecule has 0 aliphatic carbocycles. The van der Waals surface area contributed by atoms with Gasteiger partial charge >= 0.3 is 0 Å². The standard InChI is InChI=1S/C22H24FN3O3/c23-18-7-9-19(10-8-18)29-16-4-14-24-21(27)11-12-22(28)26-15-13-20(25-26)17-5-2-1-3-6-17/h1-3,5-10H,4,11-16H2,(H,24,27). The van der Waals surface area contributed by atoms with Crippen LogP contribution in [0, 0.1) is 5.82 Å². The lowest BCUT2D eigenvalue weighted by molar-refractivity contribution is -0.133. The predicted molar refractivity (Wildman–Crippen MR) is 108 cm³/mol. The minimum atomic E-state index is -0.310. The number of carbonyl (C=O) groups excluding carboxylic acids is 2. The molecule has 29 heavy (non-hydrogen) atoms. The van der Waals surface area contributed by atoms with Gasteiger partial charge in [-0.1, -0.05) is 30.3 Å². The molecule has 2 aromatic carbocycles. The Labute approximate surface area is 169 Å². The molecule has 1 N–H and O–H groups in total. The minimum absolute atomic E-state index is 0.128. The molecule has 0 aromatic heterocycles. The highest BCUT2D eigenvalue weighted by atomic mass is 19.1. The third kappa shape index (κ3) is 6.41. The van der Waals surface area contributed by atoms with E-state index in [2.05, 4.69) is 10.4 Å². The largest absolute Gasteiger partial charge is 0.494 e. The van der Waals surface area contributed by atoms with Gasteiger partial charge in [-0.2, -0.15) is 5.10 Å². The molecule has 0 unspecified atom stereocenters. The quantitative estimate of drug-likeness (QED) is 0.661. The zero-order chi connectivity index (χ0) is 20.5. The molecule has 1 aliphatic heterocycles. The molecule has 7 heteroatoms. The predicted octanol–water partition coefficient (Wildman–Crippen LogP) is 3.13. The van der Waals surface area contributed by atoms with Gasteiger partial charge in [0.05, 0.1) is 18.9 Å². The number of hydrogen-bond acceptors (Lipinski definition) is 4. The van der Waals surface area contributed by atoms with Crippen LogP contribution < -0.4 is 10.1 Å². The van der Waals surface area contributed by atoms with Crippen molar-refractivity contribution in [3.05, 3.63) is 66.0 Å². The molecule has 0 atom stereocenters. The molecule has 3 rings (SSSR count). The average molecular weight is 397 g/mol. The smallest absolute Gasteiger partial charge is 0.243 e. The van der Waals surface area contributed by atoms with Crippen LogP contribution >= 0.6 is 0 Å². The fraction of sp³-hybridized carbons (Fsp3) is 0.318. The van der Waals surface area contributed by atoms with Gasteiger partial charge in [0.1, 0.15) is 11.6 Å². The van der Waals surface area contributed by atoms with E-state index < -0.39 is 0 Å². The number of benzene rings is 2. The van der Waals surface area contributed by atoms with Crippen LogP contribution in [-0.2, 0) is 9.59 Å². The van der Waals surface area contributed by atoms with Crippen LogP contribution in [0.5, 0.6) is 5.75 Å². The topological polar surface area (TPSA) is 71.0 Å². The molecular weight excluding hydrogens is 373 g/mol. The van der Waals surface area contributed by atoms with Crippen LogP contribution in [0.15, 0.2) is 59.7 Å². The van der Waals surface area contributed by atoms with Crippen molar-refractivity contribution < 1.29 is 18.7 Å². The van der Waals surface area contributed by atoms with Crippen molar-refractivity contribution in [3.8, 4) is 5.75 Å². The van der Waals surface area contributed by atoms with Crippen molar-refractivity contribution in [3.63, 3.8) is 0 Å². The fourth-order valence-corrected chi connectivity index (χ4v) is 2.93. The Bertz CT molecular complexity index is 853. The molecule has 0 saturated heterocycles. The molecule has 0 bridgehead atoms. The molecule has 2 amide bonds. The number of hydrogen-bond donors (Lipinski definition) is 1. The van der Waals surface area contributed by atoms with Crippen molar-refractivity contribution >= 4 is 17.5 Å². The maximum Gasteiger partial charge on any atom is 0.243 e. The number of rotatable bonds is 9. The molecular formula is C22H24FN3O3. The molecule has 1 heterocycles. The van der Waals surface area contributed by atoms with E-state index in [0.717, 1.165) is 17.7 Å². The zero-order valence-corrected chi connectivity index (χ0v) is 16.1. The van der Waals surface area contributed by atoms with Gasteiger partial charge in [-0.05, 0) is 36.2 Å². The molecule has 0 saturated carbocycles. The molecule has 0 spiro atoms. The fourth-order valence-electron chi connectivity index (χ4n) is 2.93. The van der Waals surface area contributed by atoms with Gasteiger partial charge in [-0.25, -0.2) is 9.40 Å². The van der Waals surface area contributed by atoms with Crippen LogP contribution in [0.4, 0.5) is 4.39 Å². The molecule has 152 valence electrons. The first-order valence-electron chi connectivity index (χ1n) is 9.70. The Morgan fingerprint density at radius 3 is 2.59 bits per heavy atom. The first-order valence-corrected chi connectivity index (χ1v) is 9.70. The maximum absolute atomic E-state index is 12.8. The van der Waals surface area contributed by atoms with Gasteiger partial charge in [0, 0.05) is 25.8 Å². The SMILES string of the molecule is O=C(CCC(=O)N1CCC(c2ccccc2)=N1)NCCCOc1ccc(F)cc1. The van der Waals surface area contributed by atoms with Gasteiger partial charge in [0.25, 0.3) is 0 Å². The van der Waals surface area contributed by atoms with Crippen molar-refractivity contribution in [2.75, 3.05) is 19.7 Å². The number of nitrogens with zero attached hydrogens (tertiary/aromatic N) is 2. The minimum Gasteiger partial charge on any atom is -0.494 e. The number of nitrogens with one attached hydrogen (secondary N) is 1. The summed E-state index contributed by atoms with van der Waals surface area (Å²) in [6.07, 6.45) is 1.59. The van der Waals surface area contributed by atoms with Crippen molar-refractivity contribution in [1.29, 1.82) is 0 Å². The summed E-state index contributed by atoms with van der Waals surface area (Å²) >= 11 is 0. The van der Waals surface area contributed by atoms with E-state index in [1.807, 2.05) is 30.3 Å². The summed E-state index contributed by atoms with van der Waals surface area (Å²) < 4.78 is 18.3. The average Bonchev–Trinajstić information content (AvgIpc) is 3.24. The highest BCUT2D eigenvalue weighted by molar-refractivity contribution is 6.02. The third-order valence-corrected chi connectivity index (χ3v) is 4.49.